The Morgan fingerprint density at radius 1 is 1.32 bits per heavy atom. The minimum absolute atomic E-state index is 0.135. The molecule has 28 heavy (non-hydrogen) atoms. The number of aromatic nitrogens is 2. The standard InChI is InChI=1S/C19H26N3O5P/c1-13(2)8-9-21-11-15(18(23)12-27-28(24,25)26)19-20-16-6-4-5-7-17(16)22(19)10-14(21)3/h4-8,14-15H,9-12H2,1-3H3,(H2,24,25,26)/p-2. The predicted octanol–water partition coefficient (Wildman–Crippen LogP) is 1.20. The van der Waals surface area contributed by atoms with Crippen molar-refractivity contribution in [1.29, 1.82) is 0 Å². The Morgan fingerprint density at radius 3 is 2.71 bits per heavy atom. The van der Waals surface area contributed by atoms with Crippen molar-refractivity contribution in [3.8, 4) is 0 Å². The summed E-state index contributed by atoms with van der Waals surface area (Å²) < 4.78 is 17.1. The first-order chi connectivity index (χ1) is 13.2. The summed E-state index contributed by atoms with van der Waals surface area (Å²) in [5, 5.41) is 0. The summed E-state index contributed by atoms with van der Waals surface area (Å²) in [6.45, 7) is 7.03. The molecule has 2 aromatic rings. The number of rotatable bonds is 6. The number of carbonyl (C=O) groups is 1. The van der Waals surface area contributed by atoms with Crippen LogP contribution in [0.5, 0.6) is 0 Å². The zero-order chi connectivity index (χ0) is 20.5. The van der Waals surface area contributed by atoms with E-state index in [1.807, 2.05) is 42.7 Å². The molecule has 2 heterocycles. The molecule has 0 fully saturated rings. The predicted molar refractivity (Wildman–Crippen MR) is 102 cm³/mol. The number of Topliss-reactive ketones (excluding diaryl/α,β-unsaturated/α-hetero) is 1. The Kier molecular flexibility index (Phi) is 6.17. The second-order valence-corrected chi connectivity index (χ2v) is 8.55. The van der Waals surface area contributed by atoms with Crippen LogP contribution in [-0.4, -0.2) is 46.0 Å². The van der Waals surface area contributed by atoms with Crippen LogP contribution >= 0.6 is 7.82 Å². The fraction of sp³-hybridized carbons (Fsp3) is 0.474. The van der Waals surface area contributed by atoms with Gasteiger partial charge in [-0.1, -0.05) is 23.8 Å². The van der Waals surface area contributed by atoms with Crippen LogP contribution in [0, 0.1) is 0 Å². The topological polar surface area (TPSA) is 111 Å². The van der Waals surface area contributed by atoms with Crippen molar-refractivity contribution in [1.82, 2.24) is 14.5 Å². The minimum Gasteiger partial charge on any atom is -0.790 e. The summed E-state index contributed by atoms with van der Waals surface area (Å²) in [4.78, 5) is 41.3. The summed E-state index contributed by atoms with van der Waals surface area (Å²) in [6, 6.07) is 7.76. The lowest BCUT2D eigenvalue weighted by atomic mass is 10.0. The monoisotopic (exact) mass is 405 g/mol. The maximum atomic E-state index is 12.8. The van der Waals surface area contributed by atoms with Gasteiger partial charge in [-0.05, 0) is 32.9 Å². The van der Waals surface area contributed by atoms with Crippen LogP contribution in [-0.2, 0) is 20.4 Å². The van der Waals surface area contributed by atoms with E-state index in [2.05, 4.69) is 27.4 Å². The van der Waals surface area contributed by atoms with Gasteiger partial charge in [0, 0.05) is 25.7 Å². The quantitative estimate of drug-likeness (QED) is 0.525. The molecule has 0 aliphatic carbocycles. The molecular weight excluding hydrogens is 381 g/mol. The minimum atomic E-state index is -5.22. The highest BCUT2D eigenvalue weighted by Crippen LogP contribution is 2.30. The first kappa shape index (κ1) is 20.9. The van der Waals surface area contributed by atoms with Gasteiger partial charge in [-0.25, -0.2) is 4.98 Å². The zero-order valence-electron chi connectivity index (χ0n) is 16.2. The van der Waals surface area contributed by atoms with Gasteiger partial charge in [-0.15, -0.1) is 0 Å². The average Bonchev–Trinajstić information content (AvgIpc) is 2.90. The van der Waals surface area contributed by atoms with E-state index in [-0.39, 0.29) is 6.04 Å². The van der Waals surface area contributed by atoms with Crippen molar-refractivity contribution >= 4 is 24.6 Å². The lowest BCUT2D eigenvalue weighted by Crippen LogP contribution is -2.38. The van der Waals surface area contributed by atoms with E-state index >= 15 is 0 Å². The van der Waals surface area contributed by atoms with E-state index in [9.17, 15) is 19.1 Å². The van der Waals surface area contributed by atoms with Gasteiger partial charge < -0.3 is 23.4 Å². The molecule has 0 amide bonds. The first-order valence-corrected chi connectivity index (χ1v) is 10.6. The number of ketones is 1. The highest BCUT2D eigenvalue weighted by Gasteiger charge is 2.33. The molecule has 1 aliphatic heterocycles. The number of hydrogen-bond donors (Lipinski definition) is 0. The van der Waals surface area contributed by atoms with E-state index in [4.69, 9.17) is 0 Å². The molecule has 0 radical (unpaired) electrons. The smallest absolute Gasteiger partial charge is 0.170 e. The number of allylic oxidation sites excluding steroid dienone is 1. The van der Waals surface area contributed by atoms with Gasteiger partial charge in [0.05, 0.1) is 24.8 Å². The maximum absolute atomic E-state index is 12.8. The van der Waals surface area contributed by atoms with Gasteiger partial charge in [-0.2, -0.15) is 0 Å². The van der Waals surface area contributed by atoms with Crippen LogP contribution in [0.15, 0.2) is 35.9 Å². The second-order valence-electron chi connectivity index (χ2n) is 7.39. The van der Waals surface area contributed by atoms with Gasteiger partial charge in [0.1, 0.15) is 12.4 Å². The number of nitrogens with zero attached hydrogens (tertiary/aromatic N) is 3. The number of phosphoric ester groups is 1. The first-order valence-electron chi connectivity index (χ1n) is 9.17. The Labute approximate surface area is 164 Å². The van der Waals surface area contributed by atoms with Crippen LogP contribution in [0.3, 0.4) is 0 Å². The van der Waals surface area contributed by atoms with E-state index < -0.39 is 26.1 Å². The molecule has 1 aromatic carbocycles. The van der Waals surface area contributed by atoms with Crippen LogP contribution < -0.4 is 9.79 Å². The third kappa shape index (κ3) is 4.77. The molecular formula is C19H24N3O5P-2. The Morgan fingerprint density at radius 2 is 2.04 bits per heavy atom. The van der Waals surface area contributed by atoms with E-state index in [1.54, 1.807) is 0 Å². The molecule has 0 saturated heterocycles. The van der Waals surface area contributed by atoms with Crippen molar-refractivity contribution in [2.24, 2.45) is 0 Å². The van der Waals surface area contributed by atoms with Gasteiger partial charge in [0.15, 0.2) is 5.78 Å². The third-order valence-corrected chi connectivity index (χ3v) is 5.42. The van der Waals surface area contributed by atoms with Crippen LogP contribution in [0.25, 0.3) is 11.0 Å². The fourth-order valence-corrected chi connectivity index (χ4v) is 3.76. The molecule has 9 heteroatoms. The fourth-order valence-electron chi connectivity index (χ4n) is 3.47. The number of phosphoric acid groups is 1. The molecule has 1 aromatic heterocycles. The molecule has 0 N–H and O–H groups in total. The van der Waals surface area contributed by atoms with E-state index in [0.717, 1.165) is 11.0 Å². The van der Waals surface area contributed by atoms with Crippen molar-refractivity contribution < 1.29 is 23.7 Å². The van der Waals surface area contributed by atoms with Gasteiger partial charge in [-0.3, -0.25) is 9.69 Å². The summed E-state index contributed by atoms with van der Waals surface area (Å²) >= 11 is 0. The van der Waals surface area contributed by atoms with Crippen LogP contribution in [0.4, 0.5) is 0 Å². The molecule has 0 bridgehead atoms. The summed E-state index contributed by atoms with van der Waals surface area (Å²) in [6.07, 6.45) is 2.09. The van der Waals surface area contributed by atoms with Crippen molar-refractivity contribution in [2.45, 2.75) is 39.3 Å². The van der Waals surface area contributed by atoms with E-state index in [0.29, 0.717) is 25.5 Å². The van der Waals surface area contributed by atoms with Crippen molar-refractivity contribution in [3.05, 3.63) is 41.7 Å². The average molecular weight is 405 g/mol. The molecule has 8 nitrogen and oxygen atoms in total. The van der Waals surface area contributed by atoms with Crippen molar-refractivity contribution in [2.75, 3.05) is 19.7 Å². The molecule has 0 spiro atoms. The summed E-state index contributed by atoms with van der Waals surface area (Å²) in [7, 11) is -5.22. The number of imidazole rings is 1. The molecule has 0 saturated carbocycles. The number of para-hydroxylation sites is 2. The Bertz CT molecular complexity index is 944. The molecule has 152 valence electrons. The molecule has 1 aliphatic rings. The number of carbonyl (C=O) groups excluding carboxylic acids is 1. The van der Waals surface area contributed by atoms with Crippen LogP contribution in [0.1, 0.15) is 32.5 Å². The van der Waals surface area contributed by atoms with Gasteiger partial charge >= 0.3 is 0 Å². The number of fused-ring (bicyclic) bond motifs is 3. The lowest BCUT2D eigenvalue weighted by molar-refractivity contribution is -0.341. The lowest BCUT2D eigenvalue weighted by Gasteiger charge is -2.30. The highest BCUT2D eigenvalue weighted by atomic mass is 31.2. The molecule has 2 atom stereocenters. The van der Waals surface area contributed by atoms with E-state index in [1.165, 1.54) is 5.57 Å². The second kappa shape index (κ2) is 8.27. The SMILES string of the molecule is CC(C)=CCN1CC(C(=O)COP(=O)([O-])[O-])c2nc3ccccc3n2CC1C. The largest absolute Gasteiger partial charge is 0.790 e. The molecule has 2 unspecified atom stereocenters. The zero-order valence-corrected chi connectivity index (χ0v) is 17.1. The van der Waals surface area contributed by atoms with Gasteiger partial charge in [0.25, 0.3) is 0 Å². The number of hydrogen-bond acceptors (Lipinski definition) is 7. The Balaban J connectivity index is 1.99. The van der Waals surface area contributed by atoms with Crippen LogP contribution in [0.2, 0.25) is 0 Å². The maximum Gasteiger partial charge on any atom is 0.170 e. The highest BCUT2D eigenvalue weighted by molar-refractivity contribution is 7.43. The summed E-state index contributed by atoms with van der Waals surface area (Å²) in [5.41, 5.74) is 2.87. The third-order valence-electron chi connectivity index (χ3n) is 4.97. The number of benzene rings is 1. The molecule has 3 rings (SSSR count). The normalized spacial score (nSPS) is 20.6. The summed E-state index contributed by atoms with van der Waals surface area (Å²) in [5.74, 6) is -0.581. The van der Waals surface area contributed by atoms with Gasteiger partial charge in [0.2, 0.25) is 0 Å². The Hall–Kier alpha value is -1.83. The van der Waals surface area contributed by atoms with Crippen molar-refractivity contribution in [3.63, 3.8) is 0 Å².